The number of hydrogen-bond acceptors (Lipinski definition) is 6. The lowest BCUT2D eigenvalue weighted by Crippen LogP contribution is -2.30. The summed E-state index contributed by atoms with van der Waals surface area (Å²) in [7, 11) is 0. The molecule has 0 aliphatic carbocycles. The van der Waals surface area contributed by atoms with E-state index in [0.29, 0.717) is 23.4 Å². The molecule has 0 radical (unpaired) electrons. The summed E-state index contributed by atoms with van der Waals surface area (Å²) in [4.78, 5) is 30.5. The second-order valence-corrected chi connectivity index (χ2v) is 7.80. The van der Waals surface area contributed by atoms with E-state index in [4.69, 9.17) is 9.47 Å². The van der Waals surface area contributed by atoms with Crippen LogP contribution < -0.4 is 10.3 Å². The van der Waals surface area contributed by atoms with Crippen molar-refractivity contribution in [2.45, 2.75) is 33.7 Å². The van der Waals surface area contributed by atoms with Gasteiger partial charge in [-0.15, -0.1) is 11.3 Å². The number of nitrogens with zero attached hydrogens (tertiary/aromatic N) is 2. The van der Waals surface area contributed by atoms with Crippen LogP contribution in [0.15, 0.2) is 40.8 Å². The second-order valence-electron chi connectivity index (χ2n) is 6.94. The van der Waals surface area contributed by atoms with Gasteiger partial charge in [0, 0.05) is 10.9 Å². The molecule has 28 heavy (non-hydrogen) atoms. The van der Waals surface area contributed by atoms with Crippen molar-refractivity contribution in [2.75, 3.05) is 13.2 Å². The van der Waals surface area contributed by atoms with Crippen LogP contribution in [-0.4, -0.2) is 28.7 Å². The van der Waals surface area contributed by atoms with Crippen molar-refractivity contribution in [1.82, 2.24) is 9.55 Å². The predicted molar refractivity (Wildman–Crippen MR) is 111 cm³/mol. The average Bonchev–Trinajstić information content (AvgIpc) is 3.12. The number of rotatable bonds is 7. The number of hydrogen-bond donors (Lipinski definition) is 0. The van der Waals surface area contributed by atoms with E-state index in [1.165, 1.54) is 22.2 Å². The van der Waals surface area contributed by atoms with E-state index >= 15 is 0 Å². The zero-order chi connectivity index (χ0) is 20.3. The quantitative estimate of drug-likeness (QED) is 0.554. The fourth-order valence-electron chi connectivity index (χ4n) is 2.81. The largest absolute Gasteiger partial charge is 0.494 e. The van der Waals surface area contributed by atoms with Gasteiger partial charge < -0.3 is 9.47 Å². The standard InChI is InChI=1S/C21H24N2O4S/c1-5-26-16-8-6-15(7-9-16)17-11-28-19-18(17)20(24)23(12-22-19)14(4)21(25)27-10-13(2)3/h6-9,11-14H,5,10H2,1-4H3/t14-/m0/s1. The number of esters is 1. The zero-order valence-corrected chi connectivity index (χ0v) is 17.3. The SMILES string of the molecule is CCOc1ccc(-c2csc3ncn([C@@H](C)C(=O)OCC(C)C)c(=O)c23)cc1. The molecule has 3 aromatic rings. The van der Waals surface area contributed by atoms with E-state index in [-0.39, 0.29) is 11.5 Å². The Morgan fingerprint density at radius 1 is 1.21 bits per heavy atom. The number of fused-ring (bicyclic) bond motifs is 1. The second kappa shape index (κ2) is 8.56. The third kappa shape index (κ3) is 4.09. The van der Waals surface area contributed by atoms with Gasteiger partial charge in [0.2, 0.25) is 0 Å². The Bertz CT molecular complexity index is 1020. The zero-order valence-electron chi connectivity index (χ0n) is 16.5. The highest BCUT2D eigenvalue weighted by molar-refractivity contribution is 7.17. The molecule has 0 unspecified atom stereocenters. The molecule has 1 atom stereocenters. The highest BCUT2D eigenvalue weighted by Gasteiger charge is 2.21. The Labute approximate surface area is 167 Å². The van der Waals surface area contributed by atoms with Crippen LogP contribution in [0.2, 0.25) is 0 Å². The lowest BCUT2D eigenvalue weighted by molar-refractivity contribution is -0.148. The first-order valence-corrected chi connectivity index (χ1v) is 10.2. The molecule has 3 rings (SSSR count). The summed E-state index contributed by atoms with van der Waals surface area (Å²) < 4.78 is 12.1. The van der Waals surface area contributed by atoms with Crippen molar-refractivity contribution in [1.29, 1.82) is 0 Å². The van der Waals surface area contributed by atoms with Gasteiger partial charge in [-0.05, 0) is 37.5 Å². The molecule has 2 heterocycles. The number of thiophene rings is 1. The van der Waals surface area contributed by atoms with Gasteiger partial charge in [-0.3, -0.25) is 9.36 Å². The highest BCUT2D eigenvalue weighted by Crippen LogP contribution is 2.31. The van der Waals surface area contributed by atoms with E-state index in [0.717, 1.165) is 16.9 Å². The molecule has 0 fully saturated rings. The number of carbonyl (C=O) groups is 1. The van der Waals surface area contributed by atoms with Crippen molar-refractivity contribution in [3.63, 3.8) is 0 Å². The number of ether oxygens (including phenoxy) is 2. The predicted octanol–water partition coefficient (Wildman–Crippen LogP) is 4.28. The monoisotopic (exact) mass is 400 g/mol. The van der Waals surface area contributed by atoms with Crippen LogP contribution in [0.3, 0.4) is 0 Å². The number of benzene rings is 1. The van der Waals surface area contributed by atoms with E-state index in [1.54, 1.807) is 6.92 Å². The topological polar surface area (TPSA) is 70.4 Å². The lowest BCUT2D eigenvalue weighted by atomic mass is 10.1. The van der Waals surface area contributed by atoms with Gasteiger partial charge >= 0.3 is 5.97 Å². The summed E-state index contributed by atoms with van der Waals surface area (Å²) in [5.41, 5.74) is 1.46. The third-order valence-corrected chi connectivity index (χ3v) is 5.20. The van der Waals surface area contributed by atoms with Crippen molar-refractivity contribution in [2.24, 2.45) is 5.92 Å². The maximum absolute atomic E-state index is 13.1. The smallest absolute Gasteiger partial charge is 0.329 e. The van der Waals surface area contributed by atoms with Crippen LogP contribution in [0.1, 0.15) is 33.7 Å². The molecule has 7 heteroatoms. The van der Waals surface area contributed by atoms with Crippen LogP contribution >= 0.6 is 11.3 Å². The normalized spacial score (nSPS) is 12.3. The van der Waals surface area contributed by atoms with E-state index in [2.05, 4.69) is 4.98 Å². The molecule has 0 saturated heterocycles. The number of carbonyl (C=O) groups excluding carboxylic acids is 1. The Balaban J connectivity index is 1.98. The Morgan fingerprint density at radius 3 is 2.57 bits per heavy atom. The molecule has 2 aromatic heterocycles. The first kappa shape index (κ1) is 20.1. The maximum atomic E-state index is 13.1. The summed E-state index contributed by atoms with van der Waals surface area (Å²) in [6, 6.07) is 6.86. The maximum Gasteiger partial charge on any atom is 0.329 e. The number of aromatic nitrogens is 2. The first-order chi connectivity index (χ1) is 13.4. The van der Waals surface area contributed by atoms with Gasteiger partial charge in [0.15, 0.2) is 0 Å². The van der Waals surface area contributed by atoms with E-state index in [9.17, 15) is 9.59 Å². The lowest BCUT2D eigenvalue weighted by Gasteiger charge is -2.15. The van der Waals surface area contributed by atoms with Gasteiger partial charge in [-0.2, -0.15) is 0 Å². The van der Waals surface area contributed by atoms with Crippen molar-refractivity contribution in [3.05, 3.63) is 46.3 Å². The molecule has 0 aliphatic heterocycles. The van der Waals surface area contributed by atoms with Gasteiger partial charge in [-0.1, -0.05) is 26.0 Å². The fourth-order valence-corrected chi connectivity index (χ4v) is 3.72. The van der Waals surface area contributed by atoms with Crippen molar-refractivity contribution < 1.29 is 14.3 Å². The summed E-state index contributed by atoms with van der Waals surface area (Å²) in [5.74, 6) is 0.578. The molecule has 0 aliphatic rings. The minimum absolute atomic E-state index is 0.233. The third-order valence-electron chi connectivity index (χ3n) is 4.31. The molecule has 0 amide bonds. The summed E-state index contributed by atoms with van der Waals surface area (Å²) in [6.45, 7) is 8.43. The summed E-state index contributed by atoms with van der Waals surface area (Å²) in [6.07, 6.45) is 1.42. The van der Waals surface area contributed by atoms with Gasteiger partial charge in [0.25, 0.3) is 5.56 Å². The Morgan fingerprint density at radius 2 is 1.93 bits per heavy atom. The molecular weight excluding hydrogens is 376 g/mol. The van der Waals surface area contributed by atoms with Crippen molar-refractivity contribution in [3.8, 4) is 16.9 Å². The molecule has 0 N–H and O–H groups in total. The van der Waals surface area contributed by atoms with Crippen molar-refractivity contribution >= 4 is 27.5 Å². The van der Waals surface area contributed by atoms with Gasteiger partial charge in [0.05, 0.1) is 24.9 Å². The molecule has 0 spiro atoms. The first-order valence-electron chi connectivity index (χ1n) is 9.30. The molecule has 148 valence electrons. The minimum atomic E-state index is -0.740. The molecule has 0 saturated carbocycles. The minimum Gasteiger partial charge on any atom is -0.494 e. The molecule has 6 nitrogen and oxygen atoms in total. The van der Waals surface area contributed by atoms with Crippen LogP contribution in [0.4, 0.5) is 0 Å². The molecular formula is C21H24N2O4S. The fraction of sp³-hybridized carbons (Fsp3) is 0.381. The Kier molecular flexibility index (Phi) is 6.14. The van der Waals surface area contributed by atoms with Crippen LogP contribution in [0.5, 0.6) is 5.75 Å². The van der Waals surface area contributed by atoms with Crippen LogP contribution in [0.25, 0.3) is 21.3 Å². The van der Waals surface area contributed by atoms with Crippen LogP contribution in [-0.2, 0) is 9.53 Å². The highest BCUT2D eigenvalue weighted by atomic mass is 32.1. The molecule has 1 aromatic carbocycles. The summed E-state index contributed by atoms with van der Waals surface area (Å²) in [5, 5.41) is 2.43. The van der Waals surface area contributed by atoms with E-state index in [1.807, 2.05) is 50.4 Å². The van der Waals surface area contributed by atoms with Gasteiger partial charge in [0.1, 0.15) is 16.6 Å². The molecule has 0 bridgehead atoms. The Hall–Kier alpha value is -2.67. The van der Waals surface area contributed by atoms with Crippen LogP contribution in [0, 0.1) is 5.92 Å². The average molecular weight is 401 g/mol. The van der Waals surface area contributed by atoms with E-state index < -0.39 is 12.0 Å². The van der Waals surface area contributed by atoms with Gasteiger partial charge in [-0.25, -0.2) is 9.78 Å². The summed E-state index contributed by atoms with van der Waals surface area (Å²) >= 11 is 1.41.